The number of halogens is 1. The standard InChI is InChI=1S/C12H12FN3O2/c1-12(2,17)7-18-10-4-3-9-8(5-14)6-15-16(9)11(10)13/h3-4,6,17H,7H2,1-2H3. The van der Waals surface area contributed by atoms with Gasteiger partial charge >= 0.3 is 0 Å². The first-order valence-electron chi connectivity index (χ1n) is 5.34. The zero-order chi connectivity index (χ0) is 13.3. The van der Waals surface area contributed by atoms with E-state index >= 15 is 0 Å². The first-order chi connectivity index (χ1) is 8.42. The van der Waals surface area contributed by atoms with Crippen LogP contribution in [-0.2, 0) is 0 Å². The Balaban J connectivity index is 2.37. The molecule has 0 aromatic carbocycles. The Bertz CT molecular complexity index is 623. The lowest BCUT2D eigenvalue weighted by atomic mass is 10.2. The van der Waals surface area contributed by atoms with Crippen LogP contribution in [0.5, 0.6) is 5.75 Å². The van der Waals surface area contributed by atoms with Gasteiger partial charge in [0, 0.05) is 0 Å². The maximum absolute atomic E-state index is 14.0. The summed E-state index contributed by atoms with van der Waals surface area (Å²) in [6.45, 7) is 3.08. The van der Waals surface area contributed by atoms with Gasteiger partial charge in [0.15, 0.2) is 5.75 Å². The fourth-order valence-electron chi connectivity index (χ4n) is 1.45. The molecule has 0 aliphatic carbocycles. The fourth-order valence-corrected chi connectivity index (χ4v) is 1.45. The molecule has 94 valence electrons. The van der Waals surface area contributed by atoms with Crippen molar-refractivity contribution in [1.29, 1.82) is 5.26 Å². The second-order valence-electron chi connectivity index (χ2n) is 4.56. The third-order valence-corrected chi connectivity index (χ3v) is 2.29. The lowest BCUT2D eigenvalue weighted by Gasteiger charge is -2.18. The van der Waals surface area contributed by atoms with E-state index in [2.05, 4.69) is 5.10 Å². The molecule has 2 aromatic rings. The molecule has 0 saturated heterocycles. The molecule has 0 fully saturated rings. The Morgan fingerprint density at radius 2 is 2.28 bits per heavy atom. The normalized spacial score (nSPS) is 11.5. The average molecular weight is 249 g/mol. The summed E-state index contributed by atoms with van der Waals surface area (Å²) < 4.78 is 20.2. The van der Waals surface area contributed by atoms with Gasteiger partial charge in [-0.05, 0) is 26.0 Å². The van der Waals surface area contributed by atoms with E-state index in [0.717, 1.165) is 4.52 Å². The molecule has 0 spiro atoms. The second kappa shape index (κ2) is 4.27. The first-order valence-corrected chi connectivity index (χ1v) is 5.34. The van der Waals surface area contributed by atoms with Crippen molar-refractivity contribution in [3.05, 3.63) is 29.8 Å². The predicted octanol–water partition coefficient (Wildman–Crippen LogP) is 1.49. The van der Waals surface area contributed by atoms with Crippen molar-refractivity contribution in [3.8, 4) is 11.8 Å². The number of rotatable bonds is 3. The molecule has 18 heavy (non-hydrogen) atoms. The van der Waals surface area contributed by atoms with Crippen LogP contribution in [0.15, 0.2) is 18.3 Å². The SMILES string of the molecule is CC(C)(O)COc1ccc2c(C#N)cnn2c1F. The van der Waals surface area contributed by atoms with E-state index in [9.17, 15) is 9.50 Å². The van der Waals surface area contributed by atoms with E-state index < -0.39 is 11.5 Å². The average Bonchev–Trinajstić information content (AvgIpc) is 2.70. The number of ether oxygens (including phenoxy) is 1. The van der Waals surface area contributed by atoms with E-state index in [1.165, 1.54) is 12.3 Å². The maximum atomic E-state index is 14.0. The van der Waals surface area contributed by atoms with Gasteiger partial charge in [-0.3, -0.25) is 0 Å². The highest BCUT2D eigenvalue weighted by molar-refractivity contribution is 5.60. The van der Waals surface area contributed by atoms with Crippen molar-refractivity contribution < 1.29 is 14.2 Å². The van der Waals surface area contributed by atoms with Gasteiger partial charge in [-0.2, -0.15) is 14.8 Å². The van der Waals surface area contributed by atoms with Crippen LogP contribution in [0, 0.1) is 17.3 Å². The molecule has 0 amide bonds. The lowest BCUT2D eigenvalue weighted by molar-refractivity contribution is 0.0267. The van der Waals surface area contributed by atoms with Crippen LogP contribution in [0.3, 0.4) is 0 Å². The molecule has 2 rings (SSSR count). The summed E-state index contributed by atoms with van der Waals surface area (Å²) in [7, 11) is 0. The summed E-state index contributed by atoms with van der Waals surface area (Å²) >= 11 is 0. The summed E-state index contributed by atoms with van der Waals surface area (Å²) in [5.41, 5.74) is -0.378. The van der Waals surface area contributed by atoms with Crippen molar-refractivity contribution in [2.75, 3.05) is 6.61 Å². The van der Waals surface area contributed by atoms with Crippen LogP contribution < -0.4 is 4.74 Å². The number of aliphatic hydroxyl groups is 1. The minimum atomic E-state index is -1.05. The topological polar surface area (TPSA) is 70.5 Å². The molecule has 1 N–H and O–H groups in total. The van der Waals surface area contributed by atoms with Crippen LogP contribution >= 0.6 is 0 Å². The van der Waals surface area contributed by atoms with Crippen LogP contribution in [0.2, 0.25) is 0 Å². The van der Waals surface area contributed by atoms with E-state index in [1.807, 2.05) is 6.07 Å². The number of hydrogen-bond donors (Lipinski definition) is 1. The summed E-state index contributed by atoms with van der Waals surface area (Å²) in [5.74, 6) is -0.713. The molecule has 0 aliphatic rings. The summed E-state index contributed by atoms with van der Waals surface area (Å²) in [5, 5.41) is 22.1. The molecule has 2 heterocycles. The molecular formula is C12H12FN3O2. The molecule has 0 unspecified atom stereocenters. The molecule has 5 nitrogen and oxygen atoms in total. The largest absolute Gasteiger partial charge is 0.486 e. The van der Waals surface area contributed by atoms with Crippen LogP contribution in [0.1, 0.15) is 19.4 Å². The third-order valence-electron chi connectivity index (χ3n) is 2.29. The zero-order valence-electron chi connectivity index (χ0n) is 10.0. The van der Waals surface area contributed by atoms with Crippen molar-refractivity contribution in [2.45, 2.75) is 19.4 Å². The van der Waals surface area contributed by atoms with Crippen LogP contribution in [-0.4, -0.2) is 26.9 Å². The highest BCUT2D eigenvalue weighted by atomic mass is 19.1. The number of hydrogen-bond acceptors (Lipinski definition) is 4. The second-order valence-corrected chi connectivity index (χ2v) is 4.56. The van der Waals surface area contributed by atoms with E-state index in [4.69, 9.17) is 10.00 Å². The van der Waals surface area contributed by atoms with Gasteiger partial charge in [0.1, 0.15) is 12.7 Å². The first kappa shape index (κ1) is 12.3. The van der Waals surface area contributed by atoms with Gasteiger partial charge in [-0.1, -0.05) is 0 Å². The fraction of sp³-hybridized carbons (Fsp3) is 0.333. The Hall–Kier alpha value is -2.13. The smallest absolute Gasteiger partial charge is 0.257 e. The highest BCUT2D eigenvalue weighted by Crippen LogP contribution is 2.21. The van der Waals surface area contributed by atoms with Gasteiger partial charge in [-0.25, -0.2) is 4.52 Å². The van der Waals surface area contributed by atoms with E-state index in [1.54, 1.807) is 19.9 Å². The maximum Gasteiger partial charge on any atom is 0.257 e. The van der Waals surface area contributed by atoms with Crippen LogP contribution in [0.4, 0.5) is 4.39 Å². The Morgan fingerprint density at radius 3 is 2.89 bits per heavy atom. The summed E-state index contributed by atoms with van der Waals surface area (Å²) in [4.78, 5) is 0. The summed E-state index contributed by atoms with van der Waals surface area (Å²) in [6.07, 6.45) is 1.29. The minimum absolute atomic E-state index is 0.0165. The van der Waals surface area contributed by atoms with Gasteiger partial charge in [-0.15, -0.1) is 0 Å². The van der Waals surface area contributed by atoms with Crippen molar-refractivity contribution >= 4 is 5.52 Å². The molecule has 0 atom stereocenters. The van der Waals surface area contributed by atoms with Crippen molar-refractivity contribution in [3.63, 3.8) is 0 Å². The Labute approximate surface area is 103 Å². The monoisotopic (exact) mass is 249 g/mol. The zero-order valence-corrected chi connectivity index (χ0v) is 10.0. The third kappa shape index (κ3) is 2.26. The molecule has 0 bridgehead atoms. The van der Waals surface area contributed by atoms with Crippen molar-refractivity contribution in [1.82, 2.24) is 9.61 Å². The van der Waals surface area contributed by atoms with Gasteiger partial charge < -0.3 is 9.84 Å². The number of nitrogens with zero attached hydrogens (tertiary/aromatic N) is 3. The molecular weight excluding hydrogens is 237 g/mol. The Kier molecular flexibility index (Phi) is 2.93. The molecule has 2 aromatic heterocycles. The number of pyridine rings is 1. The van der Waals surface area contributed by atoms with Gasteiger partial charge in [0.25, 0.3) is 5.95 Å². The Morgan fingerprint density at radius 1 is 1.56 bits per heavy atom. The van der Waals surface area contributed by atoms with Gasteiger partial charge in [0.05, 0.1) is 22.9 Å². The number of aromatic nitrogens is 2. The number of nitriles is 1. The predicted molar refractivity (Wildman–Crippen MR) is 61.7 cm³/mol. The quantitative estimate of drug-likeness (QED) is 0.837. The molecule has 6 heteroatoms. The van der Waals surface area contributed by atoms with E-state index in [0.29, 0.717) is 11.1 Å². The molecule has 0 radical (unpaired) electrons. The molecule has 0 aliphatic heterocycles. The van der Waals surface area contributed by atoms with Crippen molar-refractivity contribution in [2.24, 2.45) is 0 Å². The minimum Gasteiger partial charge on any atom is -0.486 e. The highest BCUT2D eigenvalue weighted by Gasteiger charge is 2.17. The molecule has 0 saturated carbocycles. The number of fused-ring (bicyclic) bond motifs is 1. The van der Waals surface area contributed by atoms with E-state index in [-0.39, 0.29) is 12.4 Å². The summed E-state index contributed by atoms with van der Waals surface area (Å²) in [6, 6.07) is 4.89. The van der Waals surface area contributed by atoms with Gasteiger partial charge in [0.2, 0.25) is 0 Å². The van der Waals surface area contributed by atoms with Crippen LogP contribution in [0.25, 0.3) is 5.52 Å². The lowest BCUT2D eigenvalue weighted by Crippen LogP contribution is -2.28.